The number of rotatable bonds is 3. The van der Waals surface area contributed by atoms with Crippen LogP contribution < -0.4 is 10.5 Å². The second-order valence-electron chi connectivity index (χ2n) is 6.39. The first-order valence-electron chi connectivity index (χ1n) is 8.58. The fourth-order valence-electron chi connectivity index (χ4n) is 3.07. The van der Waals surface area contributed by atoms with Crippen molar-refractivity contribution in [3.63, 3.8) is 0 Å². The van der Waals surface area contributed by atoms with Crippen LogP contribution in [0.2, 0.25) is 0 Å². The molecule has 2 aromatic rings. The maximum absolute atomic E-state index is 12.7. The first-order chi connectivity index (χ1) is 12.5. The number of hydrogen-bond donors (Lipinski definition) is 1. The molecular formula is C20H23N3O3. The van der Waals surface area contributed by atoms with E-state index in [1.54, 1.807) is 53.3 Å². The number of benzene rings is 2. The van der Waals surface area contributed by atoms with Crippen LogP contribution in [0.25, 0.3) is 0 Å². The molecule has 0 unspecified atom stereocenters. The first kappa shape index (κ1) is 17.8. The van der Waals surface area contributed by atoms with Gasteiger partial charge < -0.3 is 20.3 Å². The average molecular weight is 353 g/mol. The molecule has 2 amide bonds. The minimum absolute atomic E-state index is 0.0279. The number of methoxy groups -OCH3 is 1. The van der Waals surface area contributed by atoms with E-state index in [0.717, 1.165) is 11.3 Å². The van der Waals surface area contributed by atoms with Crippen molar-refractivity contribution in [2.75, 3.05) is 39.0 Å². The molecule has 0 spiro atoms. The van der Waals surface area contributed by atoms with Gasteiger partial charge in [-0.25, -0.2) is 0 Å². The summed E-state index contributed by atoms with van der Waals surface area (Å²) in [7, 11) is 1.59. The molecule has 0 radical (unpaired) electrons. The summed E-state index contributed by atoms with van der Waals surface area (Å²) in [5, 5.41) is 0. The van der Waals surface area contributed by atoms with E-state index in [4.69, 9.17) is 10.5 Å². The molecule has 0 aliphatic carbocycles. The lowest BCUT2D eigenvalue weighted by molar-refractivity contribution is 0.0535. The predicted molar refractivity (Wildman–Crippen MR) is 100 cm³/mol. The van der Waals surface area contributed by atoms with E-state index in [0.29, 0.717) is 43.0 Å². The quantitative estimate of drug-likeness (QED) is 0.858. The molecule has 0 atom stereocenters. The maximum atomic E-state index is 12.7. The van der Waals surface area contributed by atoms with Gasteiger partial charge in [-0.1, -0.05) is 6.07 Å². The third-order valence-corrected chi connectivity index (χ3v) is 4.68. The zero-order chi connectivity index (χ0) is 18.7. The van der Waals surface area contributed by atoms with E-state index in [-0.39, 0.29) is 11.8 Å². The summed E-state index contributed by atoms with van der Waals surface area (Å²) in [6.07, 6.45) is 0. The Bertz CT molecular complexity index is 810. The van der Waals surface area contributed by atoms with Crippen LogP contribution in [0.1, 0.15) is 26.3 Å². The van der Waals surface area contributed by atoms with E-state index in [2.05, 4.69) is 0 Å². The highest BCUT2D eigenvalue weighted by Gasteiger charge is 2.26. The number of piperazine rings is 1. The fraction of sp³-hybridized carbons (Fsp3) is 0.300. The van der Waals surface area contributed by atoms with Crippen molar-refractivity contribution in [3.8, 4) is 5.75 Å². The summed E-state index contributed by atoms with van der Waals surface area (Å²) < 4.78 is 5.12. The summed E-state index contributed by atoms with van der Waals surface area (Å²) >= 11 is 0. The summed E-state index contributed by atoms with van der Waals surface area (Å²) in [5.41, 5.74) is 8.54. The summed E-state index contributed by atoms with van der Waals surface area (Å²) in [6.45, 7) is 3.94. The molecule has 2 N–H and O–H groups in total. The van der Waals surface area contributed by atoms with Crippen LogP contribution in [-0.4, -0.2) is 54.9 Å². The lowest BCUT2D eigenvalue weighted by atomic mass is 10.1. The Morgan fingerprint density at radius 2 is 1.50 bits per heavy atom. The van der Waals surface area contributed by atoms with Crippen molar-refractivity contribution in [1.29, 1.82) is 0 Å². The van der Waals surface area contributed by atoms with Crippen molar-refractivity contribution in [1.82, 2.24) is 9.80 Å². The highest BCUT2D eigenvalue weighted by atomic mass is 16.5. The van der Waals surface area contributed by atoms with E-state index in [9.17, 15) is 9.59 Å². The first-order valence-corrected chi connectivity index (χ1v) is 8.58. The zero-order valence-corrected chi connectivity index (χ0v) is 15.1. The number of carbonyl (C=O) groups is 2. The van der Waals surface area contributed by atoms with Crippen LogP contribution in [0.4, 0.5) is 5.69 Å². The largest absolute Gasteiger partial charge is 0.497 e. The Hall–Kier alpha value is -3.02. The number of nitrogen functional groups attached to an aromatic ring is 1. The number of hydrogen-bond acceptors (Lipinski definition) is 4. The monoisotopic (exact) mass is 353 g/mol. The van der Waals surface area contributed by atoms with Gasteiger partial charge in [-0.2, -0.15) is 0 Å². The SMILES string of the molecule is COc1ccc(C(=O)N2CCN(C(=O)c3cc(N)ccc3C)CC2)cc1. The molecule has 0 saturated carbocycles. The number of ether oxygens (including phenoxy) is 1. The Balaban J connectivity index is 1.64. The predicted octanol–water partition coefficient (Wildman–Crippen LogP) is 2.18. The molecule has 136 valence electrons. The molecular weight excluding hydrogens is 330 g/mol. The van der Waals surface area contributed by atoms with Gasteiger partial charge in [0, 0.05) is 43.0 Å². The van der Waals surface area contributed by atoms with Gasteiger partial charge in [0.05, 0.1) is 7.11 Å². The lowest BCUT2D eigenvalue weighted by Gasteiger charge is -2.35. The van der Waals surface area contributed by atoms with Gasteiger partial charge in [0.1, 0.15) is 5.75 Å². The van der Waals surface area contributed by atoms with Crippen molar-refractivity contribution < 1.29 is 14.3 Å². The fourth-order valence-corrected chi connectivity index (χ4v) is 3.07. The van der Waals surface area contributed by atoms with Crippen molar-refractivity contribution in [3.05, 3.63) is 59.2 Å². The Labute approximate surface area is 153 Å². The van der Waals surface area contributed by atoms with Crippen LogP contribution in [0.5, 0.6) is 5.75 Å². The van der Waals surface area contributed by atoms with Crippen molar-refractivity contribution in [2.45, 2.75) is 6.92 Å². The number of nitrogens with zero attached hydrogens (tertiary/aromatic N) is 2. The molecule has 0 bridgehead atoms. The highest BCUT2D eigenvalue weighted by Crippen LogP contribution is 2.18. The molecule has 3 rings (SSSR count). The molecule has 1 heterocycles. The number of anilines is 1. The van der Waals surface area contributed by atoms with E-state index in [1.807, 2.05) is 13.0 Å². The third-order valence-electron chi connectivity index (χ3n) is 4.68. The Morgan fingerprint density at radius 1 is 0.923 bits per heavy atom. The van der Waals surface area contributed by atoms with Gasteiger partial charge >= 0.3 is 0 Å². The smallest absolute Gasteiger partial charge is 0.254 e. The molecule has 26 heavy (non-hydrogen) atoms. The second-order valence-corrected chi connectivity index (χ2v) is 6.39. The Kier molecular flexibility index (Phi) is 5.11. The van der Waals surface area contributed by atoms with Gasteiger partial charge in [-0.3, -0.25) is 9.59 Å². The average Bonchev–Trinajstić information content (AvgIpc) is 2.69. The van der Waals surface area contributed by atoms with Crippen LogP contribution in [0, 0.1) is 6.92 Å². The van der Waals surface area contributed by atoms with Crippen molar-refractivity contribution >= 4 is 17.5 Å². The van der Waals surface area contributed by atoms with Gasteiger partial charge in [0.2, 0.25) is 0 Å². The van der Waals surface area contributed by atoms with E-state index in [1.165, 1.54) is 0 Å². The molecule has 6 nitrogen and oxygen atoms in total. The van der Waals surface area contributed by atoms with Crippen LogP contribution in [-0.2, 0) is 0 Å². The molecule has 6 heteroatoms. The molecule has 1 fully saturated rings. The number of aryl methyl sites for hydroxylation is 1. The summed E-state index contributed by atoms with van der Waals surface area (Å²) in [6, 6.07) is 12.4. The third kappa shape index (κ3) is 3.64. The van der Waals surface area contributed by atoms with E-state index >= 15 is 0 Å². The molecule has 0 aromatic heterocycles. The minimum Gasteiger partial charge on any atom is -0.497 e. The van der Waals surface area contributed by atoms with Crippen LogP contribution in [0.3, 0.4) is 0 Å². The Morgan fingerprint density at radius 3 is 2.08 bits per heavy atom. The van der Waals surface area contributed by atoms with Gasteiger partial charge in [0.15, 0.2) is 0 Å². The number of amides is 2. The number of carbonyl (C=O) groups excluding carboxylic acids is 2. The van der Waals surface area contributed by atoms with E-state index < -0.39 is 0 Å². The van der Waals surface area contributed by atoms with Gasteiger partial charge in [0.25, 0.3) is 11.8 Å². The number of nitrogens with two attached hydrogens (primary N) is 1. The molecule has 1 aliphatic heterocycles. The molecule has 2 aromatic carbocycles. The lowest BCUT2D eigenvalue weighted by Crippen LogP contribution is -2.50. The second kappa shape index (κ2) is 7.47. The van der Waals surface area contributed by atoms with Gasteiger partial charge in [-0.05, 0) is 48.9 Å². The van der Waals surface area contributed by atoms with Gasteiger partial charge in [-0.15, -0.1) is 0 Å². The normalized spacial score (nSPS) is 14.2. The minimum atomic E-state index is -0.0358. The van der Waals surface area contributed by atoms with Crippen molar-refractivity contribution in [2.24, 2.45) is 0 Å². The van der Waals surface area contributed by atoms with Crippen LogP contribution >= 0.6 is 0 Å². The summed E-state index contributed by atoms with van der Waals surface area (Å²) in [4.78, 5) is 28.9. The maximum Gasteiger partial charge on any atom is 0.254 e. The molecule has 1 saturated heterocycles. The van der Waals surface area contributed by atoms with Crippen LogP contribution in [0.15, 0.2) is 42.5 Å². The topological polar surface area (TPSA) is 75.9 Å². The molecule has 1 aliphatic rings. The zero-order valence-electron chi connectivity index (χ0n) is 15.1. The highest BCUT2D eigenvalue weighted by molar-refractivity contribution is 5.97. The summed E-state index contributed by atoms with van der Waals surface area (Å²) in [5.74, 6) is 0.653. The standard InChI is InChI=1S/C20H23N3O3/c1-14-3-6-16(21)13-18(14)20(25)23-11-9-22(10-12-23)19(24)15-4-7-17(26-2)8-5-15/h3-8,13H,9-12,21H2,1-2H3.